The number of halogens is 2. The Kier molecular flexibility index (Phi) is 3.85. The van der Waals surface area contributed by atoms with Gasteiger partial charge in [0.05, 0.1) is 5.69 Å². The van der Waals surface area contributed by atoms with E-state index in [1.807, 2.05) is 30.3 Å². The fourth-order valence-electron chi connectivity index (χ4n) is 2.54. The number of imidazole rings is 1. The third-order valence-electron chi connectivity index (χ3n) is 3.75. The molecular weight excluding hydrogens is 324 g/mol. The van der Waals surface area contributed by atoms with Crippen molar-refractivity contribution in [1.29, 1.82) is 0 Å². The summed E-state index contributed by atoms with van der Waals surface area (Å²) in [6.07, 6.45) is 4.90. The van der Waals surface area contributed by atoms with Crippen LogP contribution in [0.1, 0.15) is 5.69 Å². The fourth-order valence-corrected chi connectivity index (χ4v) is 2.54. The van der Waals surface area contributed by atoms with Gasteiger partial charge in [0.25, 0.3) is 0 Å². The van der Waals surface area contributed by atoms with Crippen LogP contribution in [0.5, 0.6) is 5.75 Å². The topological polar surface area (TPSA) is 39.4 Å². The van der Waals surface area contributed by atoms with Crippen LogP contribution in [-0.2, 0) is 6.61 Å². The van der Waals surface area contributed by atoms with Crippen molar-refractivity contribution in [2.45, 2.75) is 6.61 Å². The maximum atomic E-state index is 14.0. The highest BCUT2D eigenvalue weighted by Gasteiger charge is 2.12. The van der Waals surface area contributed by atoms with E-state index in [0.29, 0.717) is 17.0 Å². The number of fused-ring (bicyclic) bond motifs is 1. The minimum absolute atomic E-state index is 0.158. The van der Waals surface area contributed by atoms with Gasteiger partial charge in [-0.1, -0.05) is 30.3 Å². The molecule has 0 aliphatic heterocycles. The molecule has 6 heteroatoms. The lowest BCUT2D eigenvalue weighted by molar-refractivity contribution is 0.302. The van der Waals surface area contributed by atoms with E-state index >= 15 is 0 Å². The molecular formula is C19H13F2N3O. The fraction of sp³-hybridized carbons (Fsp3) is 0.0526. The van der Waals surface area contributed by atoms with Gasteiger partial charge in [-0.25, -0.2) is 18.7 Å². The molecule has 124 valence electrons. The lowest BCUT2D eigenvalue weighted by atomic mass is 10.1. The quantitative estimate of drug-likeness (QED) is 0.559. The van der Waals surface area contributed by atoms with E-state index in [1.165, 1.54) is 18.3 Å². The molecule has 4 nitrogen and oxygen atoms in total. The van der Waals surface area contributed by atoms with Crippen LogP contribution in [0.4, 0.5) is 8.78 Å². The van der Waals surface area contributed by atoms with Gasteiger partial charge in [-0.3, -0.25) is 4.40 Å². The molecule has 0 unspecified atom stereocenters. The van der Waals surface area contributed by atoms with Gasteiger partial charge in [0.15, 0.2) is 11.6 Å². The first-order chi connectivity index (χ1) is 12.2. The molecule has 0 amide bonds. The van der Waals surface area contributed by atoms with Crippen LogP contribution >= 0.6 is 0 Å². The lowest BCUT2D eigenvalue weighted by Gasteiger charge is -2.04. The van der Waals surface area contributed by atoms with E-state index < -0.39 is 11.6 Å². The van der Waals surface area contributed by atoms with Crippen molar-refractivity contribution < 1.29 is 13.5 Å². The summed E-state index contributed by atoms with van der Waals surface area (Å²) in [6, 6.07) is 13.5. The van der Waals surface area contributed by atoms with Crippen molar-refractivity contribution in [3.63, 3.8) is 0 Å². The van der Waals surface area contributed by atoms with E-state index in [4.69, 9.17) is 4.74 Å². The highest BCUT2D eigenvalue weighted by Crippen LogP contribution is 2.24. The molecule has 0 saturated carbocycles. The largest absolute Gasteiger partial charge is 0.487 e. The van der Waals surface area contributed by atoms with Gasteiger partial charge >= 0.3 is 0 Å². The molecule has 0 atom stereocenters. The van der Waals surface area contributed by atoms with E-state index in [-0.39, 0.29) is 12.2 Å². The van der Waals surface area contributed by atoms with Crippen molar-refractivity contribution in [3.05, 3.63) is 84.4 Å². The van der Waals surface area contributed by atoms with E-state index in [0.717, 1.165) is 11.8 Å². The molecule has 0 aliphatic rings. The summed E-state index contributed by atoms with van der Waals surface area (Å²) < 4.78 is 34.7. The molecule has 0 spiro atoms. The smallest absolute Gasteiger partial charge is 0.234 e. The molecule has 0 fully saturated rings. The minimum atomic E-state index is -0.892. The first-order valence-corrected chi connectivity index (χ1v) is 7.66. The average Bonchev–Trinajstić information content (AvgIpc) is 3.05. The average molecular weight is 337 g/mol. The van der Waals surface area contributed by atoms with E-state index in [2.05, 4.69) is 9.97 Å². The molecule has 0 aliphatic carbocycles. The van der Waals surface area contributed by atoms with Crippen molar-refractivity contribution in [2.24, 2.45) is 0 Å². The van der Waals surface area contributed by atoms with Crippen LogP contribution in [0.25, 0.3) is 16.9 Å². The van der Waals surface area contributed by atoms with Crippen LogP contribution in [0.3, 0.4) is 0 Å². The Morgan fingerprint density at radius 3 is 2.64 bits per heavy atom. The highest BCUT2D eigenvalue weighted by molar-refractivity contribution is 5.63. The number of ether oxygens (including phenoxy) is 1. The normalized spacial score (nSPS) is 11.0. The maximum absolute atomic E-state index is 14.0. The maximum Gasteiger partial charge on any atom is 0.234 e. The Bertz CT molecular complexity index is 1030. The molecule has 0 N–H and O–H groups in total. The number of benzene rings is 2. The third kappa shape index (κ3) is 3.06. The van der Waals surface area contributed by atoms with Gasteiger partial charge in [0.1, 0.15) is 12.4 Å². The number of nitrogens with zero attached hydrogens (tertiary/aromatic N) is 3. The van der Waals surface area contributed by atoms with Crippen LogP contribution in [0.2, 0.25) is 0 Å². The predicted molar refractivity (Wildman–Crippen MR) is 89.1 cm³/mol. The Labute approximate surface area is 142 Å². The summed E-state index contributed by atoms with van der Waals surface area (Å²) in [5, 5.41) is 0. The Morgan fingerprint density at radius 1 is 0.960 bits per heavy atom. The van der Waals surface area contributed by atoms with Gasteiger partial charge < -0.3 is 4.74 Å². The SMILES string of the molecule is Fc1cccc(-c2cnc3nc(COc4ccccc4)cn3c2)c1F. The van der Waals surface area contributed by atoms with Crippen molar-refractivity contribution >= 4 is 5.78 Å². The number of para-hydroxylation sites is 1. The standard InChI is InChI=1S/C19H13F2N3O/c20-17-8-4-7-16(18(17)21)13-9-22-19-23-14(11-24(19)10-13)12-25-15-5-2-1-3-6-15/h1-11H,12H2. The lowest BCUT2D eigenvalue weighted by Crippen LogP contribution is -1.94. The molecule has 0 bridgehead atoms. The molecule has 0 radical (unpaired) electrons. The second kappa shape index (κ2) is 6.32. The number of hydrogen-bond acceptors (Lipinski definition) is 3. The van der Waals surface area contributed by atoms with Crippen molar-refractivity contribution in [1.82, 2.24) is 14.4 Å². The molecule has 4 rings (SSSR count). The zero-order valence-electron chi connectivity index (χ0n) is 13.1. The summed E-state index contributed by atoms with van der Waals surface area (Å²) in [6.45, 7) is 0.289. The Morgan fingerprint density at radius 2 is 1.80 bits per heavy atom. The van der Waals surface area contributed by atoms with Crippen LogP contribution in [0.15, 0.2) is 67.1 Å². The Balaban J connectivity index is 1.62. The first-order valence-electron chi connectivity index (χ1n) is 7.66. The van der Waals surface area contributed by atoms with Crippen LogP contribution < -0.4 is 4.74 Å². The molecule has 2 aromatic carbocycles. The zero-order chi connectivity index (χ0) is 17.2. The first kappa shape index (κ1) is 15.3. The van der Waals surface area contributed by atoms with Gasteiger partial charge in [-0.05, 0) is 18.2 Å². The summed E-state index contributed by atoms with van der Waals surface area (Å²) in [5.41, 5.74) is 1.32. The Hall–Kier alpha value is -3.28. The number of hydrogen-bond donors (Lipinski definition) is 0. The molecule has 0 saturated heterocycles. The van der Waals surface area contributed by atoms with Gasteiger partial charge in [0, 0.05) is 29.7 Å². The summed E-state index contributed by atoms with van der Waals surface area (Å²) in [4.78, 5) is 8.57. The number of rotatable bonds is 4. The van der Waals surface area contributed by atoms with Crippen molar-refractivity contribution in [3.8, 4) is 16.9 Å². The molecule has 25 heavy (non-hydrogen) atoms. The monoisotopic (exact) mass is 337 g/mol. The van der Waals surface area contributed by atoms with E-state index in [1.54, 1.807) is 16.8 Å². The number of aromatic nitrogens is 3. The van der Waals surface area contributed by atoms with Crippen LogP contribution in [0, 0.1) is 11.6 Å². The second-order valence-electron chi connectivity index (χ2n) is 5.49. The highest BCUT2D eigenvalue weighted by atomic mass is 19.2. The molecule has 2 heterocycles. The van der Waals surface area contributed by atoms with Crippen molar-refractivity contribution in [2.75, 3.05) is 0 Å². The minimum Gasteiger partial charge on any atom is -0.487 e. The third-order valence-corrected chi connectivity index (χ3v) is 3.75. The second-order valence-corrected chi connectivity index (χ2v) is 5.49. The van der Waals surface area contributed by atoms with Crippen LogP contribution in [-0.4, -0.2) is 14.4 Å². The summed E-state index contributed by atoms with van der Waals surface area (Å²) in [5.74, 6) is -0.571. The predicted octanol–water partition coefficient (Wildman–Crippen LogP) is 4.25. The molecule has 4 aromatic rings. The summed E-state index contributed by atoms with van der Waals surface area (Å²) in [7, 11) is 0. The zero-order valence-corrected chi connectivity index (χ0v) is 13.1. The van der Waals surface area contributed by atoms with Gasteiger partial charge in [-0.2, -0.15) is 0 Å². The van der Waals surface area contributed by atoms with Gasteiger partial charge in [-0.15, -0.1) is 0 Å². The van der Waals surface area contributed by atoms with Gasteiger partial charge in [0.2, 0.25) is 5.78 Å². The van der Waals surface area contributed by atoms with E-state index in [9.17, 15) is 8.78 Å². The summed E-state index contributed by atoms with van der Waals surface area (Å²) >= 11 is 0. The molecule has 2 aromatic heterocycles.